The van der Waals surface area contributed by atoms with E-state index in [0.29, 0.717) is 0 Å². The summed E-state index contributed by atoms with van der Waals surface area (Å²) in [5, 5.41) is 10.0. The van der Waals surface area contributed by atoms with Gasteiger partial charge in [0, 0.05) is 24.5 Å². The normalized spacial score (nSPS) is 20.4. The molecule has 1 aromatic rings. The second-order valence-electron chi connectivity index (χ2n) is 3.63. The third kappa shape index (κ3) is 1.32. The van der Waals surface area contributed by atoms with Crippen LogP contribution >= 0.6 is 0 Å². The van der Waals surface area contributed by atoms with Gasteiger partial charge in [-0.15, -0.1) is 0 Å². The fraction of sp³-hybridized carbons (Fsp3) is 0.333. The van der Waals surface area contributed by atoms with Crippen molar-refractivity contribution in [1.82, 2.24) is 0 Å². The van der Waals surface area contributed by atoms with Gasteiger partial charge in [0.05, 0.1) is 0 Å². The van der Waals surface area contributed by atoms with E-state index >= 15 is 0 Å². The van der Waals surface area contributed by atoms with E-state index in [0.717, 1.165) is 23.2 Å². The highest BCUT2D eigenvalue weighted by atomic mass is 16.3. The molecule has 1 unspecified atom stereocenters. The SMILES string of the molecule is CCC1=CN(C)c2ccccc2C1O. The second-order valence-corrected chi connectivity index (χ2v) is 3.63. The van der Waals surface area contributed by atoms with Crippen LogP contribution in [0.1, 0.15) is 25.0 Å². The van der Waals surface area contributed by atoms with Gasteiger partial charge < -0.3 is 10.0 Å². The number of hydrogen-bond donors (Lipinski definition) is 1. The molecule has 14 heavy (non-hydrogen) atoms. The maximum Gasteiger partial charge on any atom is 0.104 e. The number of aliphatic hydroxyl groups excluding tert-OH is 1. The predicted molar refractivity (Wildman–Crippen MR) is 58.2 cm³/mol. The zero-order valence-corrected chi connectivity index (χ0v) is 8.57. The van der Waals surface area contributed by atoms with E-state index in [9.17, 15) is 5.11 Å². The first-order valence-corrected chi connectivity index (χ1v) is 4.94. The van der Waals surface area contributed by atoms with Crippen LogP contribution in [0.15, 0.2) is 36.0 Å². The first-order chi connectivity index (χ1) is 6.74. The van der Waals surface area contributed by atoms with Gasteiger partial charge >= 0.3 is 0 Å². The number of nitrogens with zero attached hydrogens (tertiary/aromatic N) is 1. The van der Waals surface area contributed by atoms with Crippen molar-refractivity contribution in [2.45, 2.75) is 19.4 Å². The summed E-state index contributed by atoms with van der Waals surface area (Å²) < 4.78 is 0. The number of hydrogen-bond acceptors (Lipinski definition) is 2. The lowest BCUT2D eigenvalue weighted by Gasteiger charge is -2.29. The van der Waals surface area contributed by atoms with E-state index in [1.54, 1.807) is 0 Å². The van der Waals surface area contributed by atoms with Gasteiger partial charge in [0.15, 0.2) is 0 Å². The largest absolute Gasteiger partial charge is 0.384 e. The van der Waals surface area contributed by atoms with Crippen LogP contribution in [-0.4, -0.2) is 12.2 Å². The average molecular weight is 189 g/mol. The van der Waals surface area contributed by atoms with Crippen LogP contribution in [0.3, 0.4) is 0 Å². The predicted octanol–water partition coefficient (Wildman–Crippen LogP) is 2.46. The minimum absolute atomic E-state index is 0.424. The second kappa shape index (κ2) is 3.46. The van der Waals surface area contributed by atoms with Crippen LogP contribution in [0.5, 0.6) is 0 Å². The Labute approximate surface area is 84.5 Å². The molecule has 1 atom stereocenters. The Hall–Kier alpha value is -1.28. The van der Waals surface area contributed by atoms with Crippen molar-refractivity contribution in [2.24, 2.45) is 0 Å². The summed E-state index contributed by atoms with van der Waals surface area (Å²) in [6.45, 7) is 2.07. The zero-order chi connectivity index (χ0) is 10.1. The molecule has 0 bridgehead atoms. The van der Waals surface area contributed by atoms with E-state index in [2.05, 4.69) is 11.8 Å². The van der Waals surface area contributed by atoms with Gasteiger partial charge in [0.2, 0.25) is 0 Å². The van der Waals surface area contributed by atoms with E-state index in [1.165, 1.54) is 0 Å². The standard InChI is InChI=1S/C12H15NO/c1-3-9-8-13(2)11-7-5-4-6-10(11)12(9)14/h4-8,12,14H,3H2,1-2H3. The Morgan fingerprint density at radius 1 is 1.36 bits per heavy atom. The van der Waals surface area contributed by atoms with E-state index in [-0.39, 0.29) is 0 Å². The lowest BCUT2D eigenvalue weighted by atomic mass is 9.95. The maximum absolute atomic E-state index is 10.0. The van der Waals surface area contributed by atoms with Gasteiger partial charge in [-0.3, -0.25) is 0 Å². The molecule has 1 heterocycles. The van der Waals surface area contributed by atoms with Crippen molar-refractivity contribution >= 4 is 5.69 Å². The monoisotopic (exact) mass is 189 g/mol. The van der Waals surface area contributed by atoms with Crippen LogP contribution in [-0.2, 0) is 0 Å². The van der Waals surface area contributed by atoms with Crippen molar-refractivity contribution in [3.63, 3.8) is 0 Å². The minimum Gasteiger partial charge on any atom is -0.384 e. The van der Waals surface area contributed by atoms with Gasteiger partial charge in [0.1, 0.15) is 6.10 Å². The number of rotatable bonds is 1. The van der Waals surface area contributed by atoms with E-state index in [1.807, 2.05) is 37.5 Å². The molecule has 1 aliphatic rings. The van der Waals surface area contributed by atoms with Crippen molar-refractivity contribution < 1.29 is 5.11 Å². The summed E-state index contributed by atoms with van der Waals surface area (Å²) in [5.74, 6) is 0. The number of aliphatic hydroxyl groups is 1. The highest BCUT2D eigenvalue weighted by Crippen LogP contribution is 2.36. The molecule has 2 rings (SSSR count). The Bertz CT molecular complexity index is 370. The van der Waals surface area contributed by atoms with Crippen molar-refractivity contribution in [1.29, 1.82) is 0 Å². The van der Waals surface area contributed by atoms with Crippen molar-refractivity contribution in [2.75, 3.05) is 11.9 Å². The Morgan fingerprint density at radius 3 is 2.79 bits per heavy atom. The third-order valence-corrected chi connectivity index (χ3v) is 2.73. The summed E-state index contributed by atoms with van der Waals surface area (Å²) in [6.07, 6.45) is 2.49. The fourth-order valence-corrected chi connectivity index (χ4v) is 1.91. The van der Waals surface area contributed by atoms with E-state index < -0.39 is 6.10 Å². The maximum atomic E-state index is 10.0. The van der Waals surface area contributed by atoms with Gasteiger partial charge in [0.25, 0.3) is 0 Å². The van der Waals surface area contributed by atoms with Gasteiger partial charge in [-0.05, 0) is 18.1 Å². The highest BCUT2D eigenvalue weighted by molar-refractivity contribution is 5.60. The van der Waals surface area contributed by atoms with Crippen LogP contribution < -0.4 is 4.90 Å². The summed E-state index contributed by atoms with van der Waals surface area (Å²) in [6, 6.07) is 7.97. The molecular weight excluding hydrogens is 174 g/mol. The van der Waals surface area contributed by atoms with Gasteiger partial charge in [-0.25, -0.2) is 0 Å². The minimum atomic E-state index is -0.424. The van der Waals surface area contributed by atoms with Crippen molar-refractivity contribution in [3.8, 4) is 0 Å². The number of para-hydroxylation sites is 1. The molecule has 74 valence electrons. The highest BCUT2D eigenvalue weighted by Gasteiger charge is 2.21. The molecular formula is C12H15NO. The molecule has 2 nitrogen and oxygen atoms in total. The Balaban J connectivity index is 2.49. The smallest absolute Gasteiger partial charge is 0.104 e. The number of benzene rings is 1. The number of fused-ring (bicyclic) bond motifs is 1. The molecule has 0 radical (unpaired) electrons. The lowest BCUT2D eigenvalue weighted by Crippen LogP contribution is -2.20. The molecule has 0 aliphatic carbocycles. The van der Waals surface area contributed by atoms with Crippen molar-refractivity contribution in [3.05, 3.63) is 41.6 Å². The first kappa shape index (κ1) is 9.28. The van der Waals surface area contributed by atoms with Gasteiger partial charge in [-0.2, -0.15) is 0 Å². The molecule has 1 N–H and O–H groups in total. The molecule has 0 aromatic heterocycles. The third-order valence-electron chi connectivity index (χ3n) is 2.73. The molecule has 0 saturated heterocycles. The molecule has 0 fully saturated rings. The Morgan fingerprint density at radius 2 is 2.07 bits per heavy atom. The topological polar surface area (TPSA) is 23.5 Å². The molecule has 2 heteroatoms. The average Bonchev–Trinajstić information content (AvgIpc) is 2.23. The molecule has 0 saturated carbocycles. The lowest BCUT2D eigenvalue weighted by molar-refractivity contribution is 0.210. The number of anilines is 1. The van der Waals surface area contributed by atoms with E-state index in [4.69, 9.17) is 0 Å². The molecule has 0 spiro atoms. The summed E-state index contributed by atoms with van der Waals surface area (Å²) in [5.41, 5.74) is 3.18. The van der Waals surface area contributed by atoms with Gasteiger partial charge in [-0.1, -0.05) is 25.1 Å². The van der Waals surface area contributed by atoms with Crippen LogP contribution in [0.2, 0.25) is 0 Å². The Kier molecular flexibility index (Phi) is 2.30. The summed E-state index contributed by atoms with van der Waals surface area (Å²) in [4.78, 5) is 2.07. The van der Waals surface area contributed by atoms with Crippen LogP contribution in [0.25, 0.3) is 0 Å². The molecule has 1 aliphatic heterocycles. The first-order valence-electron chi connectivity index (χ1n) is 4.94. The molecule has 0 amide bonds. The fourth-order valence-electron chi connectivity index (χ4n) is 1.91. The summed E-state index contributed by atoms with van der Waals surface area (Å²) >= 11 is 0. The van der Waals surface area contributed by atoms with Crippen LogP contribution in [0, 0.1) is 0 Å². The van der Waals surface area contributed by atoms with Crippen LogP contribution in [0.4, 0.5) is 5.69 Å². The molecule has 1 aromatic carbocycles. The quantitative estimate of drug-likeness (QED) is 0.733. The zero-order valence-electron chi connectivity index (χ0n) is 8.57. The summed E-state index contributed by atoms with van der Waals surface area (Å²) in [7, 11) is 2.01.